The molecule has 0 aliphatic carbocycles. The molecule has 0 bridgehead atoms. The summed E-state index contributed by atoms with van der Waals surface area (Å²) in [5, 5.41) is 0. The van der Waals surface area contributed by atoms with Crippen LogP contribution in [0.3, 0.4) is 0 Å². The predicted octanol–water partition coefficient (Wildman–Crippen LogP) is 4.62. The highest BCUT2D eigenvalue weighted by Crippen LogP contribution is 2.16. The van der Waals surface area contributed by atoms with E-state index < -0.39 is 0 Å². The average Bonchev–Trinajstić information content (AvgIpc) is 2.34. The molecular weight excluding hydrogens is 263 g/mol. The lowest BCUT2D eigenvalue weighted by atomic mass is 10.1. The molecule has 0 atom stereocenters. The molecule has 104 valence electrons. The van der Waals surface area contributed by atoms with Crippen LogP contribution in [-0.4, -0.2) is 12.5 Å². The zero-order valence-electron chi connectivity index (χ0n) is 11.5. The number of ether oxygens (including phenoxy) is 1. The first-order valence-electron chi connectivity index (χ1n) is 6.60. The van der Waals surface area contributed by atoms with Crippen LogP contribution < -0.4 is 4.74 Å². The van der Waals surface area contributed by atoms with Gasteiger partial charge >= 0.3 is 0 Å². The number of hydrogen-bond donors (Lipinski definition) is 0. The first kappa shape index (κ1) is 15.9. The van der Waals surface area contributed by atoms with Crippen molar-refractivity contribution in [2.75, 3.05) is 12.5 Å². The molecule has 0 N–H and O–H groups in total. The van der Waals surface area contributed by atoms with Gasteiger partial charge in [-0.15, -0.1) is 11.6 Å². The lowest BCUT2D eigenvalue weighted by molar-refractivity contribution is 0.296. The summed E-state index contributed by atoms with van der Waals surface area (Å²) in [7, 11) is 0. The first-order chi connectivity index (χ1) is 9.11. The molecule has 1 nitrogen and oxygen atoms in total. The summed E-state index contributed by atoms with van der Waals surface area (Å²) in [5.41, 5.74) is 0.629. The average molecular weight is 283 g/mol. The van der Waals surface area contributed by atoms with Crippen molar-refractivity contribution in [3.8, 4) is 17.6 Å². The Balaban J connectivity index is 2.56. The van der Waals surface area contributed by atoms with Gasteiger partial charge in [0.25, 0.3) is 0 Å². The Morgan fingerprint density at radius 1 is 1.32 bits per heavy atom. The molecule has 0 saturated carbocycles. The van der Waals surface area contributed by atoms with Gasteiger partial charge in [0.05, 0.1) is 6.61 Å². The van der Waals surface area contributed by atoms with Crippen LogP contribution in [0.1, 0.15) is 38.7 Å². The van der Waals surface area contributed by atoms with E-state index in [0.29, 0.717) is 36.1 Å². The maximum Gasteiger partial charge on any atom is 0.128 e. The topological polar surface area (TPSA) is 9.23 Å². The second-order valence-electron chi connectivity index (χ2n) is 4.80. The number of rotatable bonds is 6. The minimum atomic E-state index is -0.323. The lowest BCUT2D eigenvalue weighted by Gasteiger charge is -2.08. The van der Waals surface area contributed by atoms with Gasteiger partial charge in [-0.2, -0.15) is 0 Å². The third-order valence-electron chi connectivity index (χ3n) is 2.52. The van der Waals surface area contributed by atoms with Gasteiger partial charge in [0.1, 0.15) is 11.6 Å². The summed E-state index contributed by atoms with van der Waals surface area (Å²) >= 11 is 5.54. The Bertz CT molecular complexity index is 446. The fraction of sp³-hybridized carbons (Fsp3) is 0.500. The Morgan fingerprint density at radius 3 is 2.79 bits per heavy atom. The van der Waals surface area contributed by atoms with Crippen molar-refractivity contribution in [3.63, 3.8) is 0 Å². The van der Waals surface area contributed by atoms with Crippen molar-refractivity contribution in [1.82, 2.24) is 0 Å². The molecule has 0 fully saturated rings. The minimum Gasteiger partial charge on any atom is -0.493 e. The number of alkyl halides is 1. The van der Waals surface area contributed by atoms with Crippen LogP contribution in [0.5, 0.6) is 5.75 Å². The molecule has 0 amide bonds. The van der Waals surface area contributed by atoms with Gasteiger partial charge < -0.3 is 4.74 Å². The largest absolute Gasteiger partial charge is 0.493 e. The van der Waals surface area contributed by atoms with E-state index in [9.17, 15) is 4.39 Å². The molecule has 0 aromatic heterocycles. The Morgan fingerprint density at radius 2 is 2.11 bits per heavy atom. The molecule has 0 heterocycles. The SMILES string of the molecule is CC(C)CCCOc1cc(F)cc(C#CCCCl)c1. The summed E-state index contributed by atoms with van der Waals surface area (Å²) in [4.78, 5) is 0. The van der Waals surface area contributed by atoms with Crippen molar-refractivity contribution in [1.29, 1.82) is 0 Å². The summed E-state index contributed by atoms with van der Waals surface area (Å²) in [6.45, 7) is 4.95. The molecule has 0 radical (unpaired) electrons. The Hall–Kier alpha value is -1.20. The lowest BCUT2D eigenvalue weighted by Crippen LogP contribution is -2.00. The molecule has 19 heavy (non-hydrogen) atoms. The summed E-state index contributed by atoms with van der Waals surface area (Å²) in [6, 6.07) is 4.56. The molecule has 1 aromatic carbocycles. The number of hydrogen-bond acceptors (Lipinski definition) is 1. The smallest absolute Gasteiger partial charge is 0.128 e. The molecule has 0 aliphatic heterocycles. The van der Waals surface area contributed by atoms with Gasteiger partial charge in [0.15, 0.2) is 0 Å². The van der Waals surface area contributed by atoms with Gasteiger partial charge in [-0.05, 0) is 30.9 Å². The number of benzene rings is 1. The number of halogens is 2. The van der Waals surface area contributed by atoms with Crippen molar-refractivity contribution in [3.05, 3.63) is 29.6 Å². The zero-order chi connectivity index (χ0) is 14.1. The summed E-state index contributed by atoms with van der Waals surface area (Å²) < 4.78 is 19.0. The van der Waals surface area contributed by atoms with Crippen molar-refractivity contribution in [2.24, 2.45) is 5.92 Å². The molecular formula is C16H20ClFO. The van der Waals surface area contributed by atoms with Crippen molar-refractivity contribution in [2.45, 2.75) is 33.1 Å². The van der Waals surface area contributed by atoms with E-state index >= 15 is 0 Å². The van der Waals surface area contributed by atoms with E-state index in [1.807, 2.05) is 0 Å². The van der Waals surface area contributed by atoms with Gasteiger partial charge in [-0.25, -0.2) is 4.39 Å². The van der Waals surface area contributed by atoms with Crippen LogP contribution in [0.2, 0.25) is 0 Å². The third kappa shape index (κ3) is 7.08. The van der Waals surface area contributed by atoms with Gasteiger partial charge in [-0.1, -0.05) is 25.7 Å². The second kappa shape index (κ2) is 8.82. The first-order valence-corrected chi connectivity index (χ1v) is 7.13. The van der Waals surface area contributed by atoms with Gasteiger partial charge in [-0.3, -0.25) is 0 Å². The maximum atomic E-state index is 13.4. The fourth-order valence-corrected chi connectivity index (χ4v) is 1.71. The van der Waals surface area contributed by atoms with Crippen LogP contribution in [0.4, 0.5) is 4.39 Å². The predicted molar refractivity (Wildman–Crippen MR) is 78.2 cm³/mol. The normalized spacial score (nSPS) is 10.2. The fourth-order valence-electron chi connectivity index (χ4n) is 1.61. The van der Waals surface area contributed by atoms with Crippen LogP contribution in [0.15, 0.2) is 18.2 Å². The molecule has 1 aromatic rings. The van der Waals surface area contributed by atoms with Crippen molar-refractivity contribution >= 4 is 11.6 Å². The van der Waals surface area contributed by atoms with E-state index in [1.54, 1.807) is 6.07 Å². The van der Waals surface area contributed by atoms with E-state index in [4.69, 9.17) is 16.3 Å². The molecule has 0 spiro atoms. The van der Waals surface area contributed by atoms with E-state index in [1.165, 1.54) is 12.1 Å². The Labute approximate surface area is 120 Å². The quantitative estimate of drug-likeness (QED) is 0.420. The van der Waals surface area contributed by atoms with Gasteiger partial charge in [0.2, 0.25) is 0 Å². The molecule has 3 heteroatoms. The zero-order valence-corrected chi connectivity index (χ0v) is 12.3. The van der Waals surface area contributed by atoms with E-state index in [-0.39, 0.29) is 5.82 Å². The highest BCUT2D eigenvalue weighted by Gasteiger charge is 2.01. The molecule has 0 saturated heterocycles. The third-order valence-corrected chi connectivity index (χ3v) is 2.71. The Kier molecular flexibility index (Phi) is 7.36. The maximum absolute atomic E-state index is 13.4. The van der Waals surface area contributed by atoms with Crippen LogP contribution in [0, 0.1) is 23.6 Å². The minimum absolute atomic E-state index is 0.323. The van der Waals surface area contributed by atoms with Crippen LogP contribution in [0.25, 0.3) is 0 Å². The highest BCUT2D eigenvalue weighted by atomic mass is 35.5. The van der Waals surface area contributed by atoms with E-state index in [2.05, 4.69) is 25.7 Å². The monoisotopic (exact) mass is 282 g/mol. The van der Waals surface area contributed by atoms with Crippen LogP contribution >= 0.6 is 11.6 Å². The summed E-state index contributed by atoms with van der Waals surface area (Å²) in [6.07, 6.45) is 2.68. The van der Waals surface area contributed by atoms with E-state index in [0.717, 1.165) is 12.8 Å². The van der Waals surface area contributed by atoms with Gasteiger partial charge in [0, 0.05) is 23.9 Å². The summed E-state index contributed by atoms with van der Waals surface area (Å²) in [5.74, 6) is 7.13. The van der Waals surface area contributed by atoms with Crippen molar-refractivity contribution < 1.29 is 9.13 Å². The molecule has 0 unspecified atom stereocenters. The molecule has 1 rings (SSSR count). The van der Waals surface area contributed by atoms with Crippen LogP contribution in [-0.2, 0) is 0 Å². The molecule has 0 aliphatic rings. The highest BCUT2D eigenvalue weighted by molar-refractivity contribution is 6.18. The second-order valence-corrected chi connectivity index (χ2v) is 5.18. The standard InChI is InChI=1S/C16H20ClFO/c1-13(2)6-5-9-19-16-11-14(7-3-4-8-17)10-15(18)12-16/h10-13H,4-6,8-9H2,1-2H3.